The molecule has 0 spiro atoms. The molecule has 1 aromatic rings. The van der Waals surface area contributed by atoms with Crippen molar-refractivity contribution in [3.8, 4) is 0 Å². The third kappa shape index (κ3) is 3.26. The van der Waals surface area contributed by atoms with Crippen LogP contribution in [0.5, 0.6) is 0 Å². The largest absolute Gasteiger partial charge is 0.481 e. The number of carbonyl (C=O) groups is 2. The van der Waals surface area contributed by atoms with Crippen molar-refractivity contribution in [3.05, 3.63) is 34.9 Å². The lowest BCUT2D eigenvalue weighted by atomic mass is 10.2. The number of rotatable bonds is 5. The molecule has 0 saturated heterocycles. The lowest BCUT2D eigenvalue weighted by molar-refractivity contribution is -0.142. The maximum absolute atomic E-state index is 12.2. The first-order valence-electron chi connectivity index (χ1n) is 6.29. The number of carboxylic acids is 1. The zero-order chi connectivity index (χ0) is 14.0. The van der Waals surface area contributed by atoms with Crippen molar-refractivity contribution >= 4 is 23.5 Å². The zero-order valence-electron chi connectivity index (χ0n) is 10.7. The van der Waals surface area contributed by atoms with Gasteiger partial charge < -0.3 is 10.0 Å². The maximum Gasteiger partial charge on any atom is 0.307 e. The van der Waals surface area contributed by atoms with E-state index in [4.69, 9.17) is 16.7 Å². The quantitative estimate of drug-likeness (QED) is 0.902. The van der Waals surface area contributed by atoms with E-state index in [0.717, 1.165) is 5.56 Å². The van der Waals surface area contributed by atoms with Gasteiger partial charge in [0.25, 0.3) is 0 Å². The zero-order valence-corrected chi connectivity index (χ0v) is 11.4. The average Bonchev–Trinajstić information content (AvgIpc) is 3.15. The Morgan fingerprint density at radius 3 is 2.68 bits per heavy atom. The predicted octanol–water partition coefficient (Wildman–Crippen LogP) is 2.41. The normalized spacial score (nSPS) is 20.9. The Bertz CT molecular complexity index is 503. The fraction of sp³-hybridized carbons (Fsp3) is 0.429. The SMILES string of the molecule is CCN(Cc1cccc(Cl)c1)C(=O)[C@@H]1C[C@@H]1C(=O)O. The smallest absolute Gasteiger partial charge is 0.307 e. The van der Waals surface area contributed by atoms with Crippen LogP contribution >= 0.6 is 11.6 Å². The highest BCUT2D eigenvalue weighted by atomic mass is 35.5. The summed E-state index contributed by atoms with van der Waals surface area (Å²) in [7, 11) is 0. The Balaban J connectivity index is 2.01. The predicted molar refractivity (Wildman–Crippen MR) is 71.8 cm³/mol. The first kappa shape index (κ1) is 13.9. The number of benzene rings is 1. The van der Waals surface area contributed by atoms with Crippen LogP contribution in [0.4, 0.5) is 0 Å². The van der Waals surface area contributed by atoms with Gasteiger partial charge in [0.2, 0.25) is 5.91 Å². The van der Waals surface area contributed by atoms with E-state index in [0.29, 0.717) is 24.5 Å². The van der Waals surface area contributed by atoms with E-state index in [2.05, 4.69) is 0 Å². The van der Waals surface area contributed by atoms with Crippen LogP contribution in [0.1, 0.15) is 18.9 Å². The lowest BCUT2D eigenvalue weighted by Crippen LogP contribution is -2.32. The van der Waals surface area contributed by atoms with Crippen molar-refractivity contribution in [1.82, 2.24) is 4.90 Å². The summed E-state index contributed by atoms with van der Waals surface area (Å²) in [6, 6.07) is 7.35. The topological polar surface area (TPSA) is 57.6 Å². The molecule has 1 aliphatic rings. The molecule has 2 atom stereocenters. The van der Waals surface area contributed by atoms with Crippen LogP contribution in [-0.2, 0) is 16.1 Å². The van der Waals surface area contributed by atoms with Crippen LogP contribution in [0.3, 0.4) is 0 Å². The van der Waals surface area contributed by atoms with Gasteiger partial charge in [-0.15, -0.1) is 0 Å². The van der Waals surface area contributed by atoms with E-state index in [1.165, 1.54) is 0 Å². The standard InChI is InChI=1S/C14H16ClNO3/c1-2-16(8-9-4-3-5-10(15)6-9)13(17)11-7-12(11)14(18)19/h3-6,11-12H,2,7-8H2,1H3,(H,18,19)/t11-,12+/m1/s1. The van der Waals surface area contributed by atoms with Gasteiger partial charge in [0, 0.05) is 18.1 Å². The van der Waals surface area contributed by atoms with Crippen LogP contribution in [0.15, 0.2) is 24.3 Å². The minimum atomic E-state index is -0.878. The molecule has 0 unspecified atom stereocenters. The molecule has 1 aromatic carbocycles. The Labute approximate surface area is 117 Å². The van der Waals surface area contributed by atoms with Gasteiger partial charge in [-0.05, 0) is 31.0 Å². The molecule has 0 heterocycles. The molecule has 1 fully saturated rings. The van der Waals surface area contributed by atoms with Gasteiger partial charge in [0.05, 0.1) is 11.8 Å². The molecule has 0 aliphatic heterocycles. The highest BCUT2D eigenvalue weighted by Gasteiger charge is 2.49. The van der Waals surface area contributed by atoms with Crippen LogP contribution in [-0.4, -0.2) is 28.4 Å². The fourth-order valence-electron chi connectivity index (χ4n) is 2.18. The summed E-state index contributed by atoms with van der Waals surface area (Å²) in [6.45, 7) is 2.92. The van der Waals surface area contributed by atoms with Crippen LogP contribution in [0, 0.1) is 11.8 Å². The molecule has 0 radical (unpaired) electrons. The molecule has 1 aliphatic carbocycles. The summed E-state index contributed by atoms with van der Waals surface area (Å²) in [6.07, 6.45) is 0.459. The first-order valence-corrected chi connectivity index (χ1v) is 6.66. The first-order chi connectivity index (χ1) is 9.02. The number of nitrogens with zero attached hydrogens (tertiary/aromatic N) is 1. The van der Waals surface area contributed by atoms with Gasteiger partial charge in [-0.25, -0.2) is 0 Å². The number of hydrogen-bond acceptors (Lipinski definition) is 2. The second-order valence-corrected chi connectivity index (χ2v) is 5.21. The minimum absolute atomic E-state index is 0.0742. The van der Waals surface area contributed by atoms with Crippen LogP contribution < -0.4 is 0 Å². The molecule has 102 valence electrons. The second kappa shape index (κ2) is 5.61. The maximum atomic E-state index is 12.2. The van der Waals surface area contributed by atoms with Gasteiger partial charge in [0.15, 0.2) is 0 Å². The van der Waals surface area contributed by atoms with E-state index in [1.54, 1.807) is 11.0 Å². The van der Waals surface area contributed by atoms with Gasteiger partial charge >= 0.3 is 5.97 Å². The Morgan fingerprint density at radius 1 is 1.42 bits per heavy atom. The van der Waals surface area contributed by atoms with Crippen LogP contribution in [0.25, 0.3) is 0 Å². The molecule has 1 N–H and O–H groups in total. The summed E-state index contributed by atoms with van der Waals surface area (Å²) in [5.41, 5.74) is 0.954. The van der Waals surface area contributed by atoms with E-state index in [-0.39, 0.29) is 11.8 Å². The fourth-order valence-corrected chi connectivity index (χ4v) is 2.39. The highest BCUT2D eigenvalue weighted by molar-refractivity contribution is 6.30. The number of halogens is 1. The third-order valence-corrected chi connectivity index (χ3v) is 3.62. The average molecular weight is 282 g/mol. The Morgan fingerprint density at radius 2 is 2.16 bits per heavy atom. The molecule has 1 saturated carbocycles. The molecular weight excluding hydrogens is 266 g/mol. The number of carboxylic acid groups (broad SMARTS) is 1. The molecule has 4 nitrogen and oxygen atoms in total. The number of carbonyl (C=O) groups excluding carboxylic acids is 1. The second-order valence-electron chi connectivity index (χ2n) is 4.77. The Hall–Kier alpha value is -1.55. The van der Waals surface area contributed by atoms with Crippen molar-refractivity contribution in [2.24, 2.45) is 11.8 Å². The van der Waals surface area contributed by atoms with Crippen molar-refractivity contribution in [2.45, 2.75) is 19.9 Å². The minimum Gasteiger partial charge on any atom is -0.481 e. The summed E-state index contributed by atoms with van der Waals surface area (Å²) >= 11 is 5.91. The van der Waals surface area contributed by atoms with E-state index in [1.807, 2.05) is 25.1 Å². The third-order valence-electron chi connectivity index (χ3n) is 3.38. The van der Waals surface area contributed by atoms with Crippen molar-refractivity contribution in [3.63, 3.8) is 0 Å². The van der Waals surface area contributed by atoms with Gasteiger partial charge in [-0.3, -0.25) is 9.59 Å². The van der Waals surface area contributed by atoms with E-state index >= 15 is 0 Å². The van der Waals surface area contributed by atoms with Gasteiger partial charge in [-0.2, -0.15) is 0 Å². The van der Waals surface area contributed by atoms with Gasteiger partial charge in [0.1, 0.15) is 0 Å². The summed E-state index contributed by atoms with van der Waals surface area (Å²) in [4.78, 5) is 24.7. The van der Waals surface area contributed by atoms with Crippen LogP contribution in [0.2, 0.25) is 5.02 Å². The molecule has 1 amide bonds. The number of aliphatic carboxylic acids is 1. The van der Waals surface area contributed by atoms with Crippen molar-refractivity contribution in [2.75, 3.05) is 6.54 Å². The summed E-state index contributed by atoms with van der Waals surface area (Å²) in [5, 5.41) is 9.50. The van der Waals surface area contributed by atoms with Crippen molar-refractivity contribution < 1.29 is 14.7 Å². The molecule has 19 heavy (non-hydrogen) atoms. The molecule has 5 heteroatoms. The van der Waals surface area contributed by atoms with Crippen molar-refractivity contribution in [1.29, 1.82) is 0 Å². The highest BCUT2D eigenvalue weighted by Crippen LogP contribution is 2.40. The molecule has 0 bridgehead atoms. The monoisotopic (exact) mass is 281 g/mol. The number of amides is 1. The summed E-state index contributed by atoms with van der Waals surface area (Å²) in [5.74, 6) is -1.80. The molecule has 0 aromatic heterocycles. The number of hydrogen-bond donors (Lipinski definition) is 1. The molecule has 2 rings (SSSR count). The van der Waals surface area contributed by atoms with E-state index in [9.17, 15) is 9.59 Å². The summed E-state index contributed by atoms with van der Waals surface area (Å²) < 4.78 is 0. The van der Waals surface area contributed by atoms with E-state index < -0.39 is 11.9 Å². The lowest BCUT2D eigenvalue weighted by Gasteiger charge is -2.21. The Kier molecular flexibility index (Phi) is 4.10. The van der Waals surface area contributed by atoms with Gasteiger partial charge in [-0.1, -0.05) is 23.7 Å². The molecular formula is C14H16ClNO3.